The van der Waals surface area contributed by atoms with Gasteiger partial charge < -0.3 is 15.5 Å². The van der Waals surface area contributed by atoms with Gasteiger partial charge in [-0.2, -0.15) is 0 Å². The highest BCUT2D eigenvalue weighted by atomic mass is 16.4. The number of amides is 1. The molecule has 0 aliphatic heterocycles. The van der Waals surface area contributed by atoms with Crippen molar-refractivity contribution in [2.75, 3.05) is 0 Å². The summed E-state index contributed by atoms with van der Waals surface area (Å²) in [4.78, 5) is 34.5. The Morgan fingerprint density at radius 1 is 1.10 bits per heavy atom. The Kier molecular flexibility index (Phi) is 5.98. The van der Waals surface area contributed by atoms with E-state index in [-0.39, 0.29) is 5.92 Å². The zero-order chi connectivity index (χ0) is 15.3. The highest BCUT2D eigenvalue weighted by Gasteiger charge is 2.37. The van der Waals surface area contributed by atoms with Gasteiger partial charge in [-0.05, 0) is 25.2 Å². The summed E-state index contributed by atoms with van der Waals surface area (Å²) in [6.07, 6.45) is 2.94. The molecule has 20 heavy (non-hydrogen) atoms. The molecule has 0 spiro atoms. The predicted octanol–water partition coefficient (Wildman–Crippen LogP) is 1.49. The molecule has 6 nitrogen and oxygen atoms in total. The number of aliphatic carboxylic acids is 2. The van der Waals surface area contributed by atoms with Crippen LogP contribution in [0.1, 0.15) is 46.0 Å². The summed E-state index contributed by atoms with van der Waals surface area (Å²) in [7, 11) is 0. The second kappa shape index (κ2) is 7.26. The fourth-order valence-corrected chi connectivity index (χ4v) is 2.71. The zero-order valence-electron chi connectivity index (χ0n) is 12.0. The van der Waals surface area contributed by atoms with Crippen LogP contribution in [-0.4, -0.2) is 34.1 Å². The molecule has 2 unspecified atom stereocenters. The van der Waals surface area contributed by atoms with Crippen LogP contribution in [0, 0.1) is 17.8 Å². The van der Waals surface area contributed by atoms with Crippen molar-refractivity contribution < 1.29 is 24.6 Å². The summed E-state index contributed by atoms with van der Waals surface area (Å²) in [5, 5.41) is 20.8. The van der Waals surface area contributed by atoms with E-state index in [4.69, 9.17) is 10.2 Å². The van der Waals surface area contributed by atoms with Crippen LogP contribution in [0.4, 0.5) is 0 Å². The standard InChI is InChI=1S/C14H23NO5/c1-8(2)7-11(14(19)20)15-12(16)9-5-3-4-6-10(9)13(17)18/h8-11H,3-7H2,1-2H3,(H,15,16)(H,17,18)(H,19,20)/t9?,10?,11-/m0/s1. The lowest BCUT2D eigenvalue weighted by Crippen LogP contribution is -2.47. The van der Waals surface area contributed by atoms with Crippen LogP contribution in [-0.2, 0) is 14.4 Å². The molecule has 1 aliphatic rings. The van der Waals surface area contributed by atoms with Crippen LogP contribution in [0.25, 0.3) is 0 Å². The van der Waals surface area contributed by atoms with E-state index in [1.807, 2.05) is 13.8 Å². The molecular weight excluding hydrogens is 262 g/mol. The number of carboxylic acid groups (broad SMARTS) is 2. The third-order valence-electron chi connectivity index (χ3n) is 3.74. The first kappa shape index (κ1) is 16.5. The molecule has 1 fully saturated rings. The maximum Gasteiger partial charge on any atom is 0.326 e. The highest BCUT2D eigenvalue weighted by molar-refractivity contribution is 5.88. The Morgan fingerprint density at radius 2 is 1.65 bits per heavy atom. The van der Waals surface area contributed by atoms with Crippen LogP contribution in [0.15, 0.2) is 0 Å². The Labute approximate surface area is 118 Å². The van der Waals surface area contributed by atoms with Crippen LogP contribution in [0.3, 0.4) is 0 Å². The fourth-order valence-electron chi connectivity index (χ4n) is 2.71. The summed E-state index contributed by atoms with van der Waals surface area (Å²) < 4.78 is 0. The Balaban J connectivity index is 2.71. The molecule has 0 aromatic rings. The van der Waals surface area contributed by atoms with Crippen molar-refractivity contribution in [2.24, 2.45) is 17.8 Å². The maximum absolute atomic E-state index is 12.2. The fraction of sp³-hybridized carbons (Fsp3) is 0.786. The second-order valence-electron chi connectivity index (χ2n) is 5.86. The van der Waals surface area contributed by atoms with Crippen LogP contribution in [0.5, 0.6) is 0 Å². The summed E-state index contributed by atoms with van der Waals surface area (Å²) in [6, 6.07) is -0.945. The molecule has 114 valence electrons. The van der Waals surface area contributed by atoms with E-state index in [0.717, 1.165) is 12.8 Å². The molecule has 0 saturated heterocycles. The number of nitrogens with one attached hydrogen (secondary N) is 1. The van der Waals surface area contributed by atoms with E-state index in [1.165, 1.54) is 0 Å². The average molecular weight is 285 g/mol. The number of hydrogen-bond donors (Lipinski definition) is 3. The van der Waals surface area contributed by atoms with E-state index in [2.05, 4.69) is 5.32 Å². The number of rotatable bonds is 6. The van der Waals surface area contributed by atoms with Gasteiger partial charge in [0.15, 0.2) is 0 Å². The molecule has 1 aliphatic carbocycles. The van der Waals surface area contributed by atoms with Crippen molar-refractivity contribution in [2.45, 2.75) is 52.0 Å². The topological polar surface area (TPSA) is 104 Å². The number of carbonyl (C=O) groups is 3. The number of carbonyl (C=O) groups excluding carboxylic acids is 1. The predicted molar refractivity (Wildman–Crippen MR) is 72.1 cm³/mol. The van der Waals surface area contributed by atoms with Gasteiger partial charge in [0.2, 0.25) is 5.91 Å². The van der Waals surface area contributed by atoms with E-state index >= 15 is 0 Å². The van der Waals surface area contributed by atoms with E-state index in [0.29, 0.717) is 19.3 Å². The Bertz CT molecular complexity index is 380. The molecule has 1 amide bonds. The second-order valence-corrected chi connectivity index (χ2v) is 5.86. The summed E-state index contributed by atoms with van der Waals surface area (Å²) in [5.74, 6) is -3.66. The zero-order valence-corrected chi connectivity index (χ0v) is 12.0. The van der Waals surface area contributed by atoms with Crippen LogP contribution in [0.2, 0.25) is 0 Å². The Morgan fingerprint density at radius 3 is 2.10 bits per heavy atom. The van der Waals surface area contributed by atoms with Gasteiger partial charge in [-0.15, -0.1) is 0 Å². The minimum absolute atomic E-state index is 0.137. The first-order chi connectivity index (χ1) is 9.32. The number of hydrogen-bond acceptors (Lipinski definition) is 3. The first-order valence-electron chi connectivity index (χ1n) is 7.09. The molecule has 0 heterocycles. The molecule has 3 atom stereocenters. The molecule has 1 saturated carbocycles. The molecular formula is C14H23NO5. The van der Waals surface area contributed by atoms with E-state index in [1.54, 1.807) is 0 Å². The van der Waals surface area contributed by atoms with Gasteiger partial charge in [-0.25, -0.2) is 4.79 Å². The molecule has 0 aromatic heterocycles. The van der Waals surface area contributed by atoms with Gasteiger partial charge in [-0.1, -0.05) is 26.7 Å². The minimum Gasteiger partial charge on any atom is -0.481 e. The number of carboxylic acids is 2. The normalized spacial score (nSPS) is 24.1. The lowest BCUT2D eigenvalue weighted by molar-refractivity contribution is -0.150. The molecule has 3 N–H and O–H groups in total. The van der Waals surface area contributed by atoms with Gasteiger partial charge in [0.1, 0.15) is 6.04 Å². The summed E-state index contributed by atoms with van der Waals surface area (Å²) >= 11 is 0. The van der Waals surface area contributed by atoms with Crippen LogP contribution >= 0.6 is 0 Å². The minimum atomic E-state index is -1.07. The van der Waals surface area contributed by atoms with Crippen molar-refractivity contribution in [3.8, 4) is 0 Å². The molecule has 1 rings (SSSR count). The first-order valence-corrected chi connectivity index (χ1v) is 7.09. The smallest absolute Gasteiger partial charge is 0.326 e. The Hall–Kier alpha value is -1.59. The molecule has 0 aromatic carbocycles. The largest absolute Gasteiger partial charge is 0.481 e. The van der Waals surface area contributed by atoms with Crippen molar-refractivity contribution in [3.63, 3.8) is 0 Å². The quantitative estimate of drug-likeness (QED) is 0.686. The monoisotopic (exact) mass is 285 g/mol. The van der Waals surface area contributed by atoms with Crippen LogP contribution < -0.4 is 5.32 Å². The van der Waals surface area contributed by atoms with Crippen molar-refractivity contribution in [1.29, 1.82) is 0 Å². The average Bonchev–Trinajstić information content (AvgIpc) is 2.37. The third kappa shape index (κ3) is 4.51. The maximum atomic E-state index is 12.2. The van der Waals surface area contributed by atoms with Crippen molar-refractivity contribution >= 4 is 17.8 Å². The highest BCUT2D eigenvalue weighted by Crippen LogP contribution is 2.30. The van der Waals surface area contributed by atoms with E-state index in [9.17, 15) is 14.4 Å². The molecule has 0 radical (unpaired) electrons. The summed E-state index contributed by atoms with van der Waals surface area (Å²) in [6.45, 7) is 3.76. The van der Waals surface area contributed by atoms with E-state index < -0.39 is 35.7 Å². The van der Waals surface area contributed by atoms with Crippen molar-refractivity contribution in [1.82, 2.24) is 5.32 Å². The SMILES string of the molecule is CC(C)C[C@H](NC(=O)C1CCCCC1C(=O)O)C(=O)O. The lowest BCUT2D eigenvalue weighted by Gasteiger charge is -2.28. The lowest BCUT2D eigenvalue weighted by atomic mass is 9.78. The summed E-state index contributed by atoms with van der Waals surface area (Å²) in [5.41, 5.74) is 0. The van der Waals surface area contributed by atoms with Crippen molar-refractivity contribution in [3.05, 3.63) is 0 Å². The van der Waals surface area contributed by atoms with Gasteiger partial charge in [0.05, 0.1) is 11.8 Å². The molecule has 0 bridgehead atoms. The molecule has 6 heteroatoms. The van der Waals surface area contributed by atoms with Gasteiger partial charge in [0.25, 0.3) is 0 Å². The van der Waals surface area contributed by atoms with Gasteiger partial charge in [-0.3, -0.25) is 9.59 Å². The van der Waals surface area contributed by atoms with Gasteiger partial charge in [0, 0.05) is 0 Å². The third-order valence-corrected chi connectivity index (χ3v) is 3.74. The van der Waals surface area contributed by atoms with Gasteiger partial charge >= 0.3 is 11.9 Å².